The predicted molar refractivity (Wildman–Crippen MR) is 106 cm³/mol. The molecule has 0 bridgehead atoms. The summed E-state index contributed by atoms with van der Waals surface area (Å²) in [6.45, 7) is 5.19. The van der Waals surface area contributed by atoms with E-state index in [2.05, 4.69) is 33.3 Å². The van der Waals surface area contributed by atoms with Crippen LogP contribution in [-0.2, 0) is 24.8 Å². The summed E-state index contributed by atoms with van der Waals surface area (Å²) in [5, 5.41) is 7.31. The summed E-state index contributed by atoms with van der Waals surface area (Å²) >= 11 is 0. The van der Waals surface area contributed by atoms with E-state index in [1.807, 2.05) is 31.4 Å². The lowest BCUT2D eigenvalue weighted by molar-refractivity contribution is -0.116. The third-order valence-corrected chi connectivity index (χ3v) is 4.92. The smallest absolute Gasteiger partial charge is 0.224 e. The maximum Gasteiger partial charge on any atom is 0.224 e. The second-order valence-electron chi connectivity index (χ2n) is 7.14. The first-order valence-corrected chi connectivity index (χ1v) is 9.39. The molecular formula is C20H29N5O2. The number of hydrogen-bond donors (Lipinski definition) is 1. The lowest BCUT2D eigenvalue weighted by Gasteiger charge is -2.32. The van der Waals surface area contributed by atoms with E-state index >= 15 is 0 Å². The summed E-state index contributed by atoms with van der Waals surface area (Å²) < 4.78 is 7.17. The average Bonchev–Trinajstić information content (AvgIpc) is 3.08. The summed E-state index contributed by atoms with van der Waals surface area (Å²) in [6.07, 6.45) is 2.90. The van der Waals surface area contributed by atoms with Gasteiger partial charge < -0.3 is 15.0 Å². The number of piperazine rings is 1. The minimum atomic E-state index is -0.0318. The Hall–Kier alpha value is -2.38. The van der Waals surface area contributed by atoms with Crippen LogP contribution in [0.3, 0.4) is 0 Å². The van der Waals surface area contributed by atoms with Gasteiger partial charge in [0, 0.05) is 58.8 Å². The van der Waals surface area contributed by atoms with Crippen LogP contribution < -0.4 is 10.1 Å². The lowest BCUT2D eigenvalue weighted by atomic mass is 10.1. The number of methoxy groups -OCH3 is 1. The van der Waals surface area contributed by atoms with Gasteiger partial charge in [0.05, 0.1) is 18.5 Å². The number of likely N-dealkylation sites (N-methyl/N-ethyl adjacent to an activating group) is 1. The minimum Gasteiger partial charge on any atom is -0.495 e. The van der Waals surface area contributed by atoms with Crippen LogP contribution in [0, 0.1) is 0 Å². The number of benzene rings is 1. The van der Waals surface area contributed by atoms with Gasteiger partial charge in [-0.2, -0.15) is 5.10 Å². The minimum absolute atomic E-state index is 0.0318. The Morgan fingerprint density at radius 3 is 2.63 bits per heavy atom. The molecule has 1 fully saturated rings. The highest BCUT2D eigenvalue weighted by atomic mass is 16.5. The first-order valence-electron chi connectivity index (χ1n) is 9.39. The van der Waals surface area contributed by atoms with Crippen LogP contribution >= 0.6 is 0 Å². The molecule has 0 saturated carbocycles. The monoisotopic (exact) mass is 371 g/mol. The van der Waals surface area contributed by atoms with E-state index in [-0.39, 0.29) is 5.91 Å². The molecule has 1 aromatic carbocycles. The number of carbonyl (C=O) groups is 1. The SMILES string of the molecule is COc1ccc(CN2CCN(C)CC2)cc1NC(=O)CCc1ccn(C)n1. The van der Waals surface area contributed by atoms with Crippen molar-refractivity contribution in [2.75, 3.05) is 45.7 Å². The van der Waals surface area contributed by atoms with E-state index < -0.39 is 0 Å². The molecule has 1 N–H and O–H groups in total. The Labute approximate surface area is 160 Å². The number of ether oxygens (including phenoxy) is 1. The van der Waals surface area contributed by atoms with Crippen molar-refractivity contribution in [2.45, 2.75) is 19.4 Å². The zero-order valence-electron chi connectivity index (χ0n) is 16.4. The number of aryl methyl sites for hydroxylation is 2. The molecule has 27 heavy (non-hydrogen) atoms. The van der Waals surface area contributed by atoms with E-state index in [4.69, 9.17) is 4.74 Å². The van der Waals surface area contributed by atoms with Crippen molar-refractivity contribution in [3.05, 3.63) is 41.7 Å². The van der Waals surface area contributed by atoms with E-state index in [1.165, 1.54) is 5.56 Å². The number of nitrogens with zero attached hydrogens (tertiary/aromatic N) is 4. The normalized spacial score (nSPS) is 15.7. The van der Waals surface area contributed by atoms with E-state index in [0.29, 0.717) is 18.6 Å². The zero-order valence-corrected chi connectivity index (χ0v) is 16.4. The van der Waals surface area contributed by atoms with Gasteiger partial charge in [0.25, 0.3) is 0 Å². The molecule has 1 saturated heterocycles. The number of rotatable bonds is 7. The number of hydrogen-bond acceptors (Lipinski definition) is 5. The van der Waals surface area contributed by atoms with Gasteiger partial charge in [-0.1, -0.05) is 6.07 Å². The van der Waals surface area contributed by atoms with Crippen molar-refractivity contribution in [3.8, 4) is 5.75 Å². The highest BCUT2D eigenvalue weighted by Crippen LogP contribution is 2.26. The van der Waals surface area contributed by atoms with E-state index in [0.717, 1.165) is 44.1 Å². The number of anilines is 1. The standard InChI is InChI=1S/C20H29N5O2/c1-23-10-12-25(13-11-23)15-16-4-6-19(27-3)18(14-16)21-20(26)7-5-17-8-9-24(2)22-17/h4,6,8-9,14H,5,7,10-13,15H2,1-3H3,(H,21,26). The van der Waals surface area contributed by atoms with Crippen LogP contribution in [0.2, 0.25) is 0 Å². The molecule has 0 unspecified atom stereocenters. The molecule has 0 spiro atoms. The predicted octanol–water partition coefficient (Wildman–Crippen LogP) is 1.75. The topological polar surface area (TPSA) is 62.6 Å². The van der Waals surface area contributed by atoms with Crippen molar-refractivity contribution in [2.24, 2.45) is 7.05 Å². The van der Waals surface area contributed by atoms with Crippen molar-refractivity contribution in [1.29, 1.82) is 0 Å². The molecule has 7 heteroatoms. The van der Waals surface area contributed by atoms with Gasteiger partial charge in [-0.15, -0.1) is 0 Å². The first-order chi connectivity index (χ1) is 13.0. The second-order valence-corrected chi connectivity index (χ2v) is 7.14. The summed E-state index contributed by atoms with van der Waals surface area (Å²) in [6, 6.07) is 7.96. The zero-order chi connectivity index (χ0) is 19.2. The maximum absolute atomic E-state index is 12.4. The molecule has 2 heterocycles. The lowest BCUT2D eigenvalue weighted by Crippen LogP contribution is -2.43. The fourth-order valence-corrected chi connectivity index (χ4v) is 3.27. The van der Waals surface area contributed by atoms with Gasteiger partial charge in [0.2, 0.25) is 5.91 Å². The number of nitrogens with one attached hydrogen (secondary N) is 1. The third kappa shape index (κ3) is 5.55. The van der Waals surface area contributed by atoms with Crippen molar-refractivity contribution >= 4 is 11.6 Å². The summed E-state index contributed by atoms with van der Waals surface area (Å²) in [7, 11) is 5.66. The Kier molecular flexibility index (Phi) is 6.47. The average molecular weight is 371 g/mol. The van der Waals surface area contributed by atoms with Gasteiger partial charge in [-0.05, 0) is 30.8 Å². The Bertz CT molecular complexity index is 765. The fraction of sp³-hybridized carbons (Fsp3) is 0.500. The molecule has 1 aliphatic heterocycles. The van der Waals surface area contributed by atoms with Gasteiger partial charge in [0.15, 0.2) is 0 Å². The molecule has 0 aliphatic carbocycles. The van der Waals surface area contributed by atoms with Gasteiger partial charge in [-0.25, -0.2) is 0 Å². The Morgan fingerprint density at radius 1 is 1.19 bits per heavy atom. The molecule has 1 amide bonds. The van der Waals surface area contributed by atoms with Crippen LogP contribution in [-0.4, -0.2) is 65.8 Å². The van der Waals surface area contributed by atoms with Crippen molar-refractivity contribution in [1.82, 2.24) is 19.6 Å². The number of amides is 1. The van der Waals surface area contributed by atoms with Crippen LogP contribution in [0.25, 0.3) is 0 Å². The van der Waals surface area contributed by atoms with Crippen LogP contribution in [0.5, 0.6) is 5.75 Å². The molecule has 0 radical (unpaired) electrons. The second kappa shape index (κ2) is 9.01. The molecule has 2 aromatic rings. The number of carbonyl (C=O) groups excluding carboxylic acids is 1. The first kappa shape index (κ1) is 19.4. The van der Waals surface area contributed by atoms with Crippen molar-refractivity contribution < 1.29 is 9.53 Å². The summed E-state index contributed by atoms with van der Waals surface area (Å²) in [5.74, 6) is 0.652. The molecule has 0 atom stereocenters. The number of aromatic nitrogens is 2. The van der Waals surface area contributed by atoms with E-state index in [1.54, 1.807) is 11.8 Å². The van der Waals surface area contributed by atoms with Gasteiger partial charge in [-0.3, -0.25) is 14.4 Å². The Balaban J connectivity index is 1.59. The third-order valence-electron chi connectivity index (χ3n) is 4.92. The molecule has 146 valence electrons. The van der Waals surface area contributed by atoms with Gasteiger partial charge in [0.1, 0.15) is 5.75 Å². The molecule has 7 nitrogen and oxygen atoms in total. The molecular weight excluding hydrogens is 342 g/mol. The summed E-state index contributed by atoms with van der Waals surface area (Å²) in [5.41, 5.74) is 2.83. The highest BCUT2D eigenvalue weighted by Gasteiger charge is 2.15. The van der Waals surface area contributed by atoms with Crippen LogP contribution in [0.1, 0.15) is 17.7 Å². The van der Waals surface area contributed by atoms with Gasteiger partial charge >= 0.3 is 0 Å². The maximum atomic E-state index is 12.4. The van der Waals surface area contributed by atoms with Crippen LogP contribution in [0.15, 0.2) is 30.5 Å². The fourth-order valence-electron chi connectivity index (χ4n) is 3.27. The highest BCUT2D eigenvalue weighted by molar-refractivity contribution is 5.92. The quantitative estimate of drug-likeness (QED) is 0.803. The molecule has 1 aliphatic rings. The molecule has 1 aromatic heterocycles. The molecule has 3 rings (SSSR count). The summed E-state index contributed by atoms with van der Waals surface area (Å²) in [4.78, 5) is 17.2. The van der Waals surface area contributed by atoms with E-state index in [9.17, 15) is 4.79 Å². The van der Waals surface area contributed by atoms with Crippen LogP contribution in [0.4, 0.5) is 5.69 Å². The van der Waals surface area contributed by atoms with Crippen molar-refractivity contribution in [3.63, 3.8) is 0 Å². The Morgan fingerprint density at radius 2 is 1.96 bits per heavy atom. The largest absolute Gasteiger partial charge is 0.495 e.